The second kappa shape index (κ2) is 7.51. The van der Waals surface area contributed by atoms with Gasteiger partial charge in [0.1, 0.15) is 4.90 Å². The summed E-state index contributed by atoms with van der Waals surface area (Å²) in [5, 5.41) is 3.19. The molecule has 0 bridgehead atoms. The minimum absolute atomic E-state index is 0.114. The second-order valence-corrected chi connectivity index (χ2v) is 6.45. The van der Waals surface area contributed by atoms with Crippen LogP contribution < -0.4 is 10.0 Å². The van der Waals surface area contributed by atoms with Crippen LogP contribution in [0.1, 0.15) is 12.5 Å². The van der Waals surface area contributed by atoms with Crippen molar-refractivity contribution in [2.45, 2.75) is 24.8 Å². The van der Waals surface area contributed by atoms with Crippen molar-refractivity contribution in [2.24, 2.45) is 0 Å². The van der Waals surface area contributed by atoms with E-state index in [9.17, 15) is 17.2 Å². The van der Waals surface area contributed by atoms with E-state index in [1.807, 2.05) is 6.92 Å². The highest BCUT2D eigenvalue weighted by Gasteiger charge is 2.21. The zero-order chi connectivity index (χ0) is 15.3. The number of halogens is 4. The van der Waals surface area contributed by atoms with Crippen LogP contribution in [0.2, 0.25) is 10.0 Å². The Morgan fingerprint density at radius 1 is 1.25 bits per heavy atom. The largest absolute Gasteiger partial charge is 0.313 e. The normalized spacial score (nSPS) is 12.1. The predicted octanol–water partition coefficient (Wildman–Crippen LogP) is 2.65. The van der Waals surface area contributed by atoms with E-state index in [-0.39, 0.29) is 9.92 Å². The summed E-state index contributed by atoms with van der Waals surface area (Å²) in [5.74, 6) is 0. The fraction of sp³-hybridized carbons (Fsp3) is 0.455. The Hall–Kier alpha value is -0.470. The average Bonchev–Trinajstić information content (AvgIpc) is 2.35. The standard InChI is InChI=1S/C11H14Cl2F2N2O2S/c1-2-16-5-7-3-10(9(13)4-8(7)12)20(18,19)17-6-11(14)15/h3-4,11,16-17H,2,5-6H2,1H3. The van der Waals surface area contributed by atoms with Gasteiger partial charge in [-0.2, -0.15) is 0 Å². The molecule has 1 aromatic carbocycles. The quantitative estimate of drug-likeness (QED) is 0.797. The van der Waals surface area contributed by atoms with Crippen molar-refractivity contribution >= 4 is 33.2 Å². The summed E-state index contributed by atoms with van der Waals surface area (Å²) in [6, 6.07) is 2.56. The zero-order valence-electron chi connectivity index (χ0n) is 10.6. The Balaban J connectivity index is 3.10. The molecule has 0 amide bonds. The highest BCUT2D eigenvalue weighted by molar-refractivity contribution is 7.89. The lowest BCUT2D eigenvalue weighted by Crippen LogP contribution is -2.29. The van der Waals surface area contributed by atoms with Crippen LogP contribution in [0.25, 0.3) is 0 Å². The molecule has 0 radical (unpaired) electrons. The number of nitrogens with one attached hydrogen (secondary N) is 2. The second-order valence-electron chi connectivity index (χ2n) is 3.90. The minimum atomic E-state index is -4.10. The van der Waals surface area contributed by atoms with Crippen molar-refractivity contribution in [1.82, 2.24) is 10.0 Å². The van der Waals surface area contributed by atoms with Gasteiger partial charge in [-0.3, -0.25) is 0 Å². The smallest absolute Gasteiger partial charge is 0.251 e. The maximum Gasteiger partial charge on any atom is 0.251 e. The highest BCUT2D eigenvalue weighted by atomic mass is 35.5. The third-order valence-electron chi connectivity index (χ3n) is 2.38. The number of hydrogen-bond acceptors (Lipinski definition) is 3. The van der Waals surface area contributed by atoms with Crippen LogP contribution in [-0.4, -0.2) is 27.9 Å². The summed E-state index contributed by atoms with van der Waals surface area (Å²) in [4.78, 5) is -0.267. The van der Waals surface area contributed by atoms with Crippen LogP contribution in [0.4, 0.5) is 8.78 Å². The monoisotopic (exact) mass is 346 g/mol. The van der Waals surface area contributed by atoms with Crippen molar-refractivity contribution < 1.29 is 17.2 Å². The van der Waals surface area contributed by atoms with Gasteiger partial charge in [-0.15, -0.1) is 0 Å². The van der Waals surface area contributed by atoms with E-state index in [0.29, 0.717) is 23.7 Å². The first-order valence-electron chi connectivity index (χ1n) is 5.74. The summed E-state index contributed by atoms with van der Waals surface area (Å²) in [6.45, 7) is 1.93. The topological polar surface area (TPSA) is 58.2 Å². The molecule has 9 heteroatoms. The molecular weight excluding hydrogens is 333 g/mol. The molecule has 0 heterocycles. The molecule has 1 rings (SSSR count). The van der Waals surface area contributed by atoms with E-state index in [1.165, 1.54) is 12.1 Å². The molecule has 114 valence electrons. The molecule has 1 aromatic rings. The number of rotatable bonds is 7. The summed E-state index contributed by atoms with van der Waals surface area (Å²) in [5.41, 5.74) is 0.523. The van der Waals surface area contributed by atoms with E-state index in [4.69, 9.17) is 23.2 Å². The summed E-state index contributed by atoms with van der Waals surface area (Å²) in [7, 11) is -4.10. The molecule has 0 aliphatic rings. The Morgan fingerprint density at radius 3 is 2.45 bits per heavy atom. The van der Waals surface area contributed by atoms with Crippen LogP contribution in [0.3, 0.4) is 0 Å². The molecule has 4 nitrogen and oxygen atoms in total. The van der Waals surface area contributed by atoms with E-state index in [0.717, 1.165) is 0 Å². The average molecular weight is 347 g/mol. The van der Waals surface area contributed by atoms with Crippen molar-refractivity contribution in [3.05, 3.63) is 27.7 Å². The van der Waals surface area contributed by atoms with Gasteiger partial charge in [0.25, 0.3) is 6.43 Å². The van der Waals surface area contributed by atoms with Gasteiger partial charge >= 0.3 is 0 Å². The first-order chi connectivity index (χ1) is 9.27. The van der Waals surface area contributed by atoms with Crippen LogP contribution >= 0.6 is 23.2 Å². The lowest BCUT2D eigenvalue weighted by atomic mass is 10.2. The lowest BCUT2D eigenvalue weighted by Gasteiger charge is -2.12. The molecule has 0 spiro atoms. The molecule has 0 unspecified atom stereocenters. The van der Waals surface area contributed by atoms with Gasteiger partial charge in [-0.25, -0.2) is 21.9 Å². The van der Waals surface area contributed by atoms with Crippen molar-refractivity contribution in [1.29, 1.82) is 0 Å². The summed E-state index contributed by atoms with van der Waals surface area (Å²) < 4.78 is 49.8. The zero-order valence-corrected chi connectivity index (χ0v) is 12.9. The lowest BCUT2D eigenvalue weighted by molar-refractivity contribution is 0.153. The number of benzene rings is 1. The Bertz CT molecular complexity index is 568. The van der Waals surface area contributed by atoms with Crippen LogP contribution in [0, 0.1) is 0 Å². The molecule has 0 aliphatic carbocycles. The summed E-state index contributed by atoms with van der Waals surface area (Å²) >= 11 is 11.8. The van der Waals surface area contributed by atoms with Crippen LogP contribution in [0.5, 0.6) is 0 Å². The maximum atomic E-state index is 12.1. The van der Waals surface area contributed by atoms with E-state index >= 15 is 0 Å². The van der Waals surface area contributed by atoms with Gasteiger partial charge in [0, 0.05) is 11.6 Å². The number of hydrogen-bond donors (Lipinski definition) is 2. The van der Waals surface area contributed by atoms with Crippen molar-refractivity contribution in [3.8, 4) is 0 Å². The number of sulfonamides is 1. The predicted molar refractivity (Wildman–Crippen MR) is 75.0 cm³/mol. The maximum absolute atomic E-state index is 12.1. The van der Waals surface area contributed by atoms with E-state index in [1.54, 1.807) is 4.72 Å². The first kappa shape index (κ1) is 17.6. The van der Waals surface area contributed by atoms with E-state index < -0.39 is 23.0 Å². The Morgan fingerprint density at radius 2 is 1.90 bits per heavy atom. The first-order valence-corrected chi connectivity index (χ1v) is 7.98. The fourth-order valence-electron chi connectivity index (χ4n) is 1.42. The van der Waals surface area contributed by atoms with Crippen LogP contribution in [-0.2, 0) is 16.6 Å². The third kappa shape index (κ3) is 4.82. The molecule has 0 fully saturated rings. The van der Waals surface area contributed by atoms with Gasteiger partial charge in [0.05, 0.1) is 11.6 Å². The molecule has 0 saturated heterocycles. The molecule has 0 aromatic heterocycles. The molecule has 20 heavy (non-hydrogen) atoms. The Kier molecular flexibility index (Phi) is 6.60. The SMILES string of the molecule is CCNCc1cc(S(=O)(=O)NCC(F)F)c(Cl)cc1Cl. The molecular formula is C11H14Cl2F2N2O2S. The van der Waals surface area contributed by atoms with Crippen LogP contribution in [0.15, 0.2) is 17.0 Å². The minimum Gasteiger partial charge on any atom is -0.313 e. The fourth-order valence-corrected chi connectivity index (χ4v) is 3.29. The van der Waals surface area contributed by atoms with Crippen molar-refractivity contribution in [2.75, 3.05) is 13.1 Å². The van der Waals surface area contributed by atoms with Gasteiger partial charge in [0.2, 0.25) is 10.0 Å². The summed E-state index contributed by atoms with van der Waals surface area (Å²) in [6.07, 6.45) is -2.78. The molecule has 0 atom stereocenters. The molecule has 0 aliphatic heterocycles. The molecule has 0 saturated carbocycles. The highest BCUT2D eigenvalue weighted by Crippen LogP contribution is 2.28. The van der Waals surface area contributed by atoms with Gasteiger partial charge in [-0.1, -0.05) is 30.1 Å². The van der Waals surface area contributed by atoms with Gasteiger partial charge < -0.3 is 5.32 Å². The van der Waals surface area contributed by atoms with Gasteiger partial charge in [-0.05, 0) is 24.2 Å². The Labute approximate surface area is 126 Å². The van der Waals surface area contributed by atoms with Gasteiger partial charge in [0.15, 0.2) is 0 Å². The third-order valence-corrected chi connectivity index (χ3v) is 4.62. The van der Waals surface area contributed by atoms with Crippen molar-refractivity contribution in [3.63, 3.8) is 0 Å². The van der Waals surface area contributed by atoms with E-state index in [2.05, 4.69) is 5.32 Å². The molecule has 2 N–H and O–H groups in total. The number of alkyl halides is 2.